The molecule has 3 amide bonds. The van der Waals surface area contributed by atoms with Gasteiger partial charge in [0, 0.05) is 6.42 Å². The third-order valence-electron chi connectivity index (χ3n) is 1.82. The summed E-state index contributed by atoms with van der Waals surface area (Å²) in [4.78, 5) is 34.0. The predicted molar refractivity (Wildman–Crippen MR) is 44.9 cm³/mol. The summed E-state index contributed by atoms with van der Waals surface area (Å²) in [7, 11) is 0. The van der Waals surface area contributed by atoms with Crippen LogP contribution in [-0.2, 0) is 9.59 Å². The Morgan fingerprint density at radius 1 is 1.57 bits per heavy atom. The Labute approximate surface area is 80.5 Å². The fourth-order valence-corrected chi connectivity index (χ4v) is 0.873. The van der Waals surface area contributed by atoms with E-state index in [1.54, 1.807) is 0 Å². The van der Waals surface area contributed by atoms with Crippen LogP contribution in [0.2, 0.25) is 0 Å². The van der Waals surface area contributed by atoms with Gasteiger partial charge < -0.3 is 4.90 Å². The van der Waals surface area contributed by atoms with Crippen LogP contribution in [0.3, 0.4) is 0 Å². The zero-order chi connectivity index (χ0) is 10.7. The molecule has 0 saturated carbocycles. The Bertz CT molecular complexity index is 331. The van der Waals surface area contributed by atoms with Crippen molar-refractivity contribution in [1.82, 2.24) is 10.2 Å². The number of nitriles is 1. The van der Waals surface area contributed by atoms with E-state index < -0.39 is 23.8 Å². The van der Waals surface area contributed by atoms with E-state index in [9.17, 15) is 14.4 Å². The molecule has 0 aromatic heterocycles. The van der Waals surface area contributed by atoms with E-state index in [1.165, 1.54) is 11.8 Å². The molecule has 0 aromatic carbocycles. The number of imide groups is 1. The average molecular weight is 195 g/mol. The lowest BCUT2D eigenvalue weighted by atomic mass is 10.3. The zero-order valence-electron chi connectivity index (χ0n) is 7.61. The number of amides is 3. The first-order valence-electron chi connectivity index (χ1n) is 4.14. The summed E-state index contributed by atoms with van der Waals surface area (Å²) in [6, 6.07) is 0.719. The van der Waals surface area contributed by atoms with Gasteiger partial charge in [-0.3, -0.25) is 14.9 Å². The fourth-order valence-electron chi connectivity index (χ4n) is 0.873. The van der Waals surface area contributed by atoms with E-state index in [1.807, 2.05) is 11.4 Å². The molecule has 6 heteroatoms. The zero-order valence-corrected chi connectivity index (χ0v) is 7.61. The van der Waals surface area contributed by atoms with Gasteiger partial charge in [0.05, 0.1) is 12.6 Å². The number of rotatable bonds is 2. The molecule has 1 aliphatic rings. The maximum Gasteiger partial charge on any atom is 0.325 e. The minimum atomic E-state index is -0.916. The van der Waals surface area contributed by atoms with E-state index in [-0.39, 0.29) is 6.42 Å². The molecule has 1 rings (SSSR count). The number of hydrogen-bond donors (Lipinski definition) is 1. The molecule has 14 heavy (non-hydrogen) atoms. The van der Waals surface area contributed by atoms with E-state index in [0.29, 0.717) is 6.54 Å². The molecule has 1 unspecified atom stereocenters. The summed E-state index contributed by atoms with van der Waals surface area (Å²) < 4.78 is 0. The summed E-state index contributed by atoms with van der Waals surface area (Å²) >= 11 is 0. The lowest BCUT2D eigenvalue weighted by molar-refractivity contribution is -0.137. The molecule has 1 N–H and O–H groups in total. The number of hydrogen-bond acceptors (Lipinski definition) is 4. The highest BCUT2D eigenvalue weighted by Gasteiger charge is 2.39. The van der Waals surface area contributed by atoms with Crippen LogP contribution in [0, 0.1) is 11.3 Å². The van der Waals surface area contributed by atoms with Gasteiger partial charge in [-0.05, 0) is 0 Å². The minimum absolute atomic E-state index is 0.0563. The standard InChI is InChI=1S/C8H9N3O3/c1-2-6(12)7(13)10-8(14)11-4-5(11)3-9/h5H,2,4H2,1H3,(H,10,13,14). The molecule has 1 heterocycles. The molecule has 1 fully saturated rings. The van der Waals surface area contributed by atoms with E-state index in [2.05, 4.69) is 0 Å². The summed E-state index contributed by atoms with van der Waals surface area (Å²) in [6.07, 6.45) is 0.0563. The minimum Gasteiger partial charge on any atom is -0.303 e. The number of carbonyl (C=O) groups excluding carboxylic acids is 3. The highest BCUT2D eigenvalue weighted by Crippen LogP contribution is 2.15. The molecule has 0 spiro atoms. The first kappa shape index (κ1) is 10.2. The maximum absolute atomic E-state index is 11.1. The molecule has 74 valence electrons. The number of nitrogens with zero attached hydrogens (tertiary/aromatic N) is 2. The molecule has 0 aromatic rings. The Balaban J connectivity index is 2.40. The third kappa shape index (κ3) is 2.07. The quantitative estimate of drug-likeness (QED) is 0.471. The average Bonchev–Trinajstić information content (AvgIpc) is 2.95. The van der Waals surface area contributed by atoms with Crippen LogP contribution < -0.4 is 5.32 Å². The van der Waals surface area contributed by atoms with Crippen molar-refractivity contribution in [3.8, 4) is 6.07 Å². The van der Waals surface area contributed by atoms with Crippen molar-refractivity contribution in [2.24, 2.45) is 0 Å². The van der Waals surface area contributed by atoms with Gasteiger partial charge in [-0.15, -0.1) is 0 Å². The second kappa shape index (κ2) is 3.87. The van der Waals surface area contributed by atoms with Gasteiger partial charge in [0.15, 0.2) is 0 Å². The number of nitrogens with one attached hydrogen (secondary N) is 1. The predicted octanol–water partition coefficient (Wildman–Crippen LogP) is -0.591. The van der Waals surface area contributed by atoms with Crippen molar-refractivity contribution >= 4 is 17.7 Å². The Morgan fingerprint density at radius 3 is 2.64 bits per heavy atom. The normalized spacial score (nSPS) is 18.3. The van der Waals surface area contributed by atoms with Crippen molar-refractivity contribution in [3.63, 3.8) is 0 Å². The van der Waals surface area contributed by atoms with Gasteiger partial charge in [0.1, 0.15) is 6.04 Å². The monoisotopic (exact) mass is 195 g/mol. The van der Waals surface area contributed by atoms with E-state index >= 15 is 0 Å². The summed E-state index contributed by atoms with van der Waals surface area (Å²) in [5, 5.41) is 10.3. The largest absolute Gasteiger partial charge is 0.325 e. The Kier molecular flexibility index (Phi) is 2.82. The second-order valence-electron chi connectivity index (χ2n) is 2.83. The molecule has 0 bridgehead atoms. The lowest BCUT2D eigenvalue weighted by Gasteiger charge is -2.02. The van der Waals surface area contributed by atoms with Crippen molar-refractivity contribution in [2.75, 3.05) is 6.54 Å². The maximum atomic E-state index is 11.1. The molecule has 0 radical (unpaired) electrons. The summed E-state index contributed by atoms with van der Waals surface area (Å²) in [5.74, 6) is -1.56. The van der Waals surface area contributed by atoms with Gasteiger partial charge in [-0.1, -0.05) is 6.92 Å². The van der Waals surface area contributed by atoms with Crippen LogP contribution in [0.1, 0.15) is 13.3 Å². The number of ketones is 1. The highest BCUT2D eigenvalue weighted by atomic mass is 16.2. The second-order valence-corrected chi connectivity index (χ2v) is 2.83. The topological polar surface area (TPSA) is 90.0 Å². The van der Waals surface area contributed by atoms with Gasteiger partial charge in [0.2, 0.25) is 5.78 Å². The lowest BCUT2D eigenvalue weighted by Crippen LogP contribution is -2.39. The number of Topliss-reactive ketones (excluding diaryl/α,β-unsaturated/α-hetero) is 1. The van der Waals surface area contributed by atoms with Crippen LogP contribution in [0.15, 0.2) is 0 Å². The molecule has 1 aliphatic heterocycles. The van der Waals surface area contributed by atoms with Gasteiger partial charge in [0.25, 0.3) is 5.91 Å². The smallest absolute Gasteiger partial charge is 0.303 e. The van der Waals surface area contributed by atoms with Crippen molar-refractivity contribution in [1.29, 1.82) is 5.26 Å². The molecule has 0 aliphatic carbocycles. The van der Waals surface area contributed by atoms with E-state index in [0.717, 1.165) is 0 Å². The van der Waals surface area contributed by atoms with Crippen LogP contribution in [-0.4, -0.2) is 35.2 Å². The van der Waals surface area contributed by atoms with Crippen LogP contribution in [0.4, 0.5) is 4.79 Å². The van der Waals surface area contributed by atoms with Crippen LogP contribution in [0.5, 0.6) is 0 Å². The van der Waals surface area contributed by atoms with Gasteiger partial charge >= 0.3 is 6.03 Å². The van der Waals surface area contributed by atoms with Crippen LogP contribution >= 0.6 is 0 Å². The molecule has 1 saturated heterocycles. The van der Waals surface area contributed by atoms with Crippen LogP contribution in [0.25, 0.3) is 0 Å². The number of urea groups is 1. The molecular formula is C8H9N3O3. The first-order chi connectivity index (χ1) is 6.60. The van der Waals surface area contributed by atoms with Crippen molar-refractivity contribution < 1.29 is 14.4 Å². The third-order valence-corrected chi connectivity index (χ3v) is 1.82. The highest BCUT2D eigenvalue weighted by molar-refractivity contribution is 6.38. The van der Waals surface area contributed by atoms with Gasteiger partial charge in [-0.25, -0.2) is 4.79 Å². The first-order valence-corrected chi connectivity index (χ1v) is 4.14. The number of carbonyl (C=O) groups is 3. The molecular weight excluding hydrogens is 186 g/mol. The Hall–Kier alpha value is -1.90. The fraction of sp³-hybridized carbons (Fsp3) is 0.500. The summed E-state index contributed by atoms with van der Waals surface area (Å²) in [6.45, 7) is 1.85. The van der Waals surface area contributed by atoms with E-state index in [4.69, 9.17) is 5.26 Å². The van der Waals surface area contributed by atoms with Gasteiger partial charge in [-0.2, -0.15) is 5.26 Å². The molecule has 1 atom stereocenters. The van der Waals surface area contributed by atoms with Crippen molar-refractivity contribution in [2.45, 2.75) is 19.4 Å². The Morgan fingerprint density at radius 2 is 2.21 bits per heavy atom. The SMILES string of the molecule is CCC(=O)C(=O)NC(=O)N1CC1C#N. The van der Waals surface area contributed by atoms with Crippen molar-refractivity contribution in [3.05, 3.63) is 0 Å². The summed E-state index contributed by atoms with van der Waals surface area (Å²) in [5.41, 5.74) is 0. The molecule has 6 nitrogen and oxygen atoms in total.